The van der Waals surface area contributed by atoms with Crippen LogP contribution in [0.25, 0.3) is 11.3 Å². The fourth-order valence-corrected chi connectivity index (χ4v) is 2.46. The quantitative estimate of drug-likeness (QED) is 0.746. The van der Waals surface area contributed by atoms with E-state index >= 15 is 0 Å². The van der Waals surface area contributed by atoms with Gasteiger partial charge in [0.1, 0.15) is 5.82 Å². The summed E-state index contributed by atoms with van der Waals surface area (Å²) in [7, 11) is 1.75. The first kappa shape index (κ1) is 15.4. The highest BCUT2D eigenvalue weighted by Crippen LogP contribution is 2.21. The van der Waals surface area contributed by atoms with Crippen LogP contribution in [0.2, 0.25) is 0 Å². The summed E-state index contributed by atoms with van der Waals surface area (Å²) in [5, 5.41) is 7.02. The van der Waals surface area contributed by atoms with Gasteiger partial charge in [-0.1, -0.05) is 15.9 Å². The molecule has 0 aliphatic rings. The van der Waals surface area contributed by atoms with Crippen LogP contribution >= 0.6 is 15.9 Å². The summed E-state index contributed by atoms with van der Waals surface area (Å²) in [4.78, 5) is 12.3. The number of carbonyl (C=O) groups is 1. The van der Waals surface area contributed by atoms with Crippen LogP contribution in [-0.2, 0) is 7.05 Å². The van der Waals surface area contributed by atoms with E-state index in [0.29, 0.717) is 11.4 Å². The van der Waals surface area contributed by atoms with Crippen LogP contribution in [0, 0.1) is 5.82 Å². The molecule has 3 aromatic rings. The Hall–Kier alpha value is -2.47. The highest BCUT2D eigenvalue weighted by Gasteiger charge is 2.14. The minimum atomic E-state index is -0.302. The Labute approximate surface area is 141 Å². The van der Waals surface area contributed by atoms with Crippen LogP contribution < -0.4 is 5.32 Å². The van der Waals surface area contributed by atoms with Crippen molar-refractivity contribution in [3.63, 3.8) is 0 Å². The molecule has 0 unspecified atom stereocenters. The Morgan fingerprint density at radius 2 is 1.78 bits per heavy atom. The van der Waals surface area contributed by atoms with E-state index in [1.54, 1.807) is 42.1 Å². The summed E-state index contributed by atoms with van der Waals surface area (Å²) in [6.45, 7) is 0. The maximum absolute atomic E-state index is 13.0. The largest absolute Gasteiger partial charge is 0.321 e. The molecule has 1 N–H and O–H groups in total. The van der Waals surface area contributed by atoms with Gasteiger partial charge in [-0.15, -0.1) is 0 Å². The van der Waals surface area contributed by atoms with Gasteiger partial charge >= 0.3 is 0 Å². The number of benzene rings is 2. The Balaban J connectivity index is 1.83. The third kappa shape index (κ3) is 3.48. The predicted molar refractivity (Wildman–Crippen MR) is 90.7 cm³/mol. The van der Waals surface area contributed by atoms with Crippen molar-refractivity contribution in [2.45, 2.75) is 0 Å². The number of anilines is 1. The van der Waals surface area contributed by atoms with Crippen molar-refractivity contribution in [3.05, 3.63) is 70.6 Å². The Bertz CT molecular complexity index is 841. The lowest BCUT2D eigenvalue weighted by Gasteiger charge is -2.02. The molecule has 0 spiro atoms. The van der Waals surface area contributed by atoms with E-state index < -0.39 is 0 Å². The SMILES string of the molecule is Cn1nc(C(=O)Nc2ccc(Br)cc2)cc1-c1ccc(F)cc1. The van der Waals surface area contributed by atoms with Crippen molar-refractivity contribution in [3.8, 4) is 11.3 Å². The van der Waals surface area contributed by atoms with E-state index in [2.05, 4.69) is 26.3 Å². The summed E-state index contributed by atoms with van der Waals surface area (Å²) in [6, 6.07) is 15.0. The number of amides is 1. The number of rotatable bonds is 3. The van der Waals surface area contributed by atoms with Gasteiger partial charge in [0.25, 0.3) is 5.91 Å². The molecule has 0 radical (unpaired) electrons. The summed E-state index contributed by atoms with van der Waals surface area (Å²) < 4.78 is 15.6. The molecule has 1 heterocycles. The van der Waals surface area contributed by atoms with E-state index in [4.69, 9.17) is 0 Å². The molecule has 0 fully saturated rings. The number of hydrogen-bond acceptors (Lipinski definition) is 2. The standard InChI is InChI=1S/C17H13BrFN3O/c1-22-16(11-2-6-13(19)7-3-11)10-15(21-22)17(23)20-14-8-4-12(18)5-9-14/h2-10H,1H3,(H,20,23). The number of aryl methyl sites for hydroxylation is 1. The second kappa shape index (κ2) is 6.34. The van der Waals surface area contributed by atoms with Crippen LogP contribution in [0.3, 0.4) is 0 Å². The maximum atomic E-state index is 13.0. The third-order valence-corrected chi connectivity index (χ3v) is 3.88. The molecule has 0 saturated heterocycles. The number of halogens is 2. The second-order valence-corrected chi connectivity index (χ2v) is 5.92. The summed E-state index contributed by atoms with van der Waals surface area (Å²) >= 11 is 3.35. The first-order valence-corrected chi connectivity index (χ1v) is 7.69. The number of carbonyl (C=O) groups excluding carboxylic acids is 1. The van der Waals surface area contributed by atoms with Gasteiger partial charge in [-0.3, -0.25) is 9.48 Å². The van der Waals surface area contributed by atoms with Crippen LogP contribution in [0.5, 0.6) is 0 Å². The molecule has 1 amide bonds. The molecule has 2 aromatic carbocycles. The smallest absolute Gasteiger partial charge is 0.276 e. The van der Waals surface area contributed by atoms with E-state index in [1.165, 1.54) is 12.1 Å². The molecule has 0 aliphatic carbocycles. The lowest BCUT2D eigenvalue weighted by Crippen LogP contribution is -2.12. The van der Waals surface area contributed by atoms with Crippen molar-refractivity contribution in [2.75, 3.05) is 5.32 Å². The number of nitrogens with one attached hydrogen (secondary N) is 1. The zero-order chi connectivity index (χ0) is 16.4. The van der Waals surface area contributed by atoms with Gasteiger partial charge in [-0.25, -0.2) is 4.39 Å². The van der Waals surface area contributed by atoms with Crippen molar-refractivity contribution < 1.29 is 9.18 Å². The molecule has 6 heteroatoms. The molecule has 0 aliphatic heterocycles. The van der Waals surface area contributed by atoms with Crippen LogP contribution in [0.1, 0.15) is 10.5 Å². The van der Waals surface area contributed by atoms with Crippen LogP contribution in [0.15, 0.2) is 59.1 Å². The zero-order valence-electron chi connectivity index (χ0n) is 12.3. The van der Waals surface area contributed by atoms with Crippen molar-refractivity contribution in [1.29, 1.82) is 0 Å². The van der Waals surface area contributed by atoms with Crippen molar-refractivity contribution >= 4 is 27.5 Å². The molecule has 116 valence electrons. The summed E-state index contributed by atoms with van der Waals surface area (Å²) in [6.07, 6.45) is 0. The van der Waals surface area contributed by atoms with Gasteiger partial charge in [0.05, 0.1) is 5.69 Å². The van der Waals surface area contributed by atoms with E-state index in [1.807, 2.05) is 12.1 Å². The lowest BCUT2D eigenvalue weighted by atomic mass is 10.1. The highest BCUT2D eigenvalue weighted by atomic mass is 79.9. The molecule has 3 rings (SSSR count). The Morgan fingerprint density at radius 3 is 2.43 bits per heavy atom. The van der Waals surface area contributed by atoms with E-state index in [0.717, 1.165) is 15.7 Å². The first-order chi connectivity index (χ1) is 11.0. The molecule has 23 heavy (non-hydrogen) atoms. The summed E-state index contributed by atoms with van der Waals surface area (Å²) in [5.41, 5.74) is 2.52. The van der Waals surface area contributed by atoms with Gasteiger partial charge < -0.3 is 5.32 Å². The molecular formula is C17H13BrFN3O. The lowest BCUT2D eigenvalue weighted by molar-refractivity contribution is 0.102. The maximum Gasteiger partial charge on any atom is 0.276 e. The predicted octanol–water partition coefficient (Wildman–Crippen LogP) is 4.24. The number of nitrogens with zero attached hydrogens (tertiary/aromatic N) is 2. The summed E-state index contributed by atoms with van der Waals surface area (Å²) in [5.74, 6) is -0.597. The average Bonchev–Trinajstić information content (AvgIpc) is 2.92. The van der Waals surface area contributed by atoms with Gasteiger partial charge in [0.15, 0.2) is 5.69 Å². The molecular weight excluding hydrogens is 361 g/mol. The monoisotopic (exact) mass is 373 g/mol. The molecule has 0 bridgehead atoms. The fourth-order valence-electron chi connectivity index (χ4n) is 2.20. The normalized spacial score (nSPS) is 10.6. The van der Waals surface area contributed by atoms with Crippen molar-refractivity contribution in [1.82, 2.24) is 9.78 Å². The molecule has 0 atom stereocenters. The van der Waals surface area contributed by atoms with E-state index in [-0.39, 0.29) is 11.7 Å². The van der Waals surface area contributed by atoms with Gasteiger partial charge in [-0.2, -0.15) is 5.10 Å². The van der Waals surface area contributed by atoms with Crippen molar-refractivity contribution in [2.24, 2.45) is 7.05 Å². The first-order valence-electron chi connectivity index (χ1n) is 6.90. The number of hydrogen-bond donors (Lipinski definition) is 1. The Kier molecular flexibility index (Phi) is 4.25. The third-order valence-electron chi connectivity index (χ3n) is 3.35. The Morgan fingerprint density at radius 1 is 1.13 bits per heavy atom. The van der Waals surface area contributed by atoms with Gasteiger partial charge in [0, 0.05) is 17.2 Å². The van der Waals surface area contributed by atoms with E-state index in [9.17, 15) is 9.18 Å². The van der Waals surface area contributed by atoms with Crippen LogP contribution in [-0.4, -0.2) is 15.7 Å². The van der Waals surface area contributed by atoms with Crippen LogP contribution in [0.4, 0.5) is 10.1 Å². The number of aromatic nitrogens is 2. The highest BCUT2D eigenvalue weighted by molar-refractivity contribution is 9.10. The average molecular weight is 374 g/mol. The zero-order valence-corrected chi connectivity index (χ0v) is 13.8. The molecule has 4 nitrogen and oxygen atoms in total. The molecule has 1 aromatic heterocycles. The van der Waals surface area contributed by atoms with Gasteiger partial charge in [0.2, 0.25) is 0 Å². The fraction of sp³-hybridized carbons (Fsp3) is 0.0588. The minimum Gasteiger partial charge on any atom is -0.321 e. The molecule has 0 saturated carbocycles. The second-order valence-electron chi connectivity index (χ2n) is 5.01. The topological polar surface area (TPSA) is 46.9 Å². The minimum absolute atomic E-state index is 0.295. The van der Waals surface area contributed by atoms with Gasteiger partial charge in [-0.05, 0) is 60.2 Å².